The van der Waals surface area contributed by atoms with E-state index in [9.17, 15) is 4.79 Å². The quantitative estimate of drug-likeness (QED) is 0.468. The molecule has 0 aliphatic rings. The molecule has 0 heterocycles. The Labute approximate surface area is 117 Å². The summed E-state index contributed by atoms with van der Waals surface area (Å²) in [4.78, 5) is 12.2. The molecule has 0 aromatic carbocycles. The van der Waals surface area contributed by atoms with Crippen LogP contribution in [0, 0.1) is 0 Å². The van der Waals surface area contributed by atoms with Crippen LogP contribution in [0.3, 0.4) is 0 Å². The van der Waals surface area contributed by atoms with Crippen LogP contribution in [0.15, 0.2) is 0 Å². The minimum Gasteiger partial charge on any atom is -0.465 e. The van der Waals surface area contributed by atoms with Gasteiger partial charge in [0.25, 0.3) is 0 Å². The molecule has 0 saturated carbocycles. The number of carbonyl (C=O) groups is 1. The van der Waals surface area contributed by atoms with E-state index in [1.807, 2.05) is 6.92 Å². The summed E-state index contributed by atoms with van der Waals surface area (Å²) < 4.78 is 16.0. The van der Waals surface area contributed by atoms with Gasteiger partial charge in [-0.3, -0.25) is 0 Å². The van der Waals surface area contributed by atoms with E-state index >= 15 is 0 Å². The van der Waals surface area contributed by atoms with Crippen LogP contribution in [0.25, 0.3) is 0 Å². The Bertz CT molecular complexity index is 240. The van der Waals surface area contributed by atoms with Crippen LogP contribution in [0.5, 0.6) is 0 Å². The lowest BCUT2D eigenvalue weighted by Gasteiger charge is -2.24. The molecule has 0 unspecified atom stereocenters. The van der Waals surface area contributed by atoms with Crippen LogP contribution in [0.2, 0.25) is 6.04 Å². The molecule has 0 spiro atoms. The predicted molar refractivity (Wildman–Crippen MR) is 75.3 cm³/mol. The summed E-state index contributed by atoms with van der Waals surface area (Å²) in [5.74, 6) is 0. The maximum atomic E-state index is 10.8. The first-order valence-corrected chi connectivity index (χ1v) is 8.61. The summed E-state index contributed by atoms with van der Waals surface area (Å²) in [5, 5.41) is 8.86. The lowest BCUT2D eigenvalue weighted by atomic mass is 10.2. The molecule has 0 rings (SSSR count). The molecule has 0 bridgehead atoms. The summed E-state index contributed by atoms with van der Waals surface area (Å²) in [6.45, 7) is 3.00. The van der Waals surface area contributed by atoms with Gasteiger partial charge in [-0.05, 0) is 19.8 Å². The first-order valence-electron chi connectivity index (χ1n) is 6.68. The lowest BCUT2D eigenvalue weighted by molar-refractivity contribution is 0.122. The maximum absolute atomic E-state index is 10.8. The second-order valence-electron chi connectivity index (χ2n) is 4.32. The highest BCUT2D eigenvalue weighted by molar-refractivity contribution is 6.60. The zero-order chi connectivity index (χ0) is 14.7. The highest BCUT2D eigenvalue weighted by Crippen LogP contribution is 2.17. The van der Waals surface area contributed by atoms with Crippen molar-refractivity contribution in [3.8, 4) is 0 Å². The Morgan fingerprint density at radius 3 is 2.00 bits per heavy atom. The number of amides is 1. The Morgan fingerprint density at radius 2 is 1.58 bits per heavy atom. The maximum Gasteiger partial charge on any atom is 0.500 e. The molecule has 1 N–H and O–H groups in total. The van der Waals surface area contributed by atoms with Gasteiger partial charge < -0.3 is 23.3 Å². The van der Waals surface area contributed by atoms with E-state index < -0.39 is 14.9 Å². The lowest BCUT2D eigenvalue weighted by Crippen LogP contribution is -2.42. The first kappa shape index (κ1) is 18.4. The largest absolute Gasteiger partial charge is 0.500 e. The molecule has 0 aromatic rings. The van der Waals surface area contributed by atoms with E-state index in [0.29, 0.717) is 13.1 Å². The Balaban J connectivity index is 3.73. The van der Waals surface area contributed by atoms with Crippen LogP contribution in [-0.4, -0.2) is 59.3 Å². The minimum absolute atomic E-state index is 0.544. The summed E-state index contributed by atoms with van der Waals surface area (Å²) in [5.41, 5.74) is 0. The van der Waals surface area contributed by atoms with Gasteiger partial charge in [-0.2, -0.15) is 0 Å². The van der Waals surface area contributed by atoms with E-state index in [1.165, 1.54) is 4.90 Å². The third kappa shape index (κ3) is 6.91. The molecular weight excluding hydrogens is 266 g/mol. The predicted octanol–water partition coefficient (Wildman–Crippen LogP) is 2.42. The van der Waals surface area contributed by atoms with E-state index in [4.69, 9.17) is 18.4 Å². The van der Waals surface area contributed by atoms with Crippen molar-refractivity contribution in [1.29, 1.82) is 0 Å². The molecule has 0 radical (unpaired) electrons. The Kier molecular flexibility index (Phi) is 9.85. The average Bonchev–Trinajstić information content (AvgIpc) is 2.42. The van der Waals surface area contributed by atoms with Crippen molar-refractivity contribution in [2.75, 3.05) is 34.4 Å². The van der Waals surface area contributed by atoms with Gasteiger partial charge in [-0.1, -0.05) is 12.8 Å². The molecule has 0 aliphatic heterocycles. The van der Waals surface area contributed by atoms with E-state index in [-0.39, 0.29) is 0 Å². The van der Waals surface area contributed by atoms with Crippen molar-refractivity contribution >= 4 is 14.9 Å². The van der Waals surface area contributed by atoms with Crippen molar-refractivity contribution in [2.45, 2.75) is 38.7 Å². The monoisotopic (exact) mass is 293 g/mol. The molecule has 0 fully saturated rings. The molecule has 0 saturated heterocycles. The number of carboxylic acid groups (broad SMARTS) is 1. The zero-order valence-corrected chi connectivity index (χ0v) is 13.5. The fourth-order valence-corrected chi connectivity index (χ4v) is 3.74. The SMILES string of the molecule is CCN(CCCCCC[Si](OC)(OC)OC)C(=O)O. The van der Waals surface area contributed by atoms with Crippen molar-refractivity contribution in [1.82, 2.24) is 4.90 Å². The topological polar surface area (TPSA) is 68.2 Å². The third-order valence-corrected chi connectivity index (χ3v) is 6.08. The smallest absolute Gasteiger partial charge is 0.465 e. The highest BCUT2D eigenvalue weighted by atomic mass is 28.4. The van der Waals surface area contributed by atoms with Gasteiger partial charge in [0.05, 0.1) is 0 Å². The molecular formula is C12H27NO5Si. The van der Waals surface area contributed by atoms with Crippen molar-refractivity contribution in [3.63, 3.8) is 0 Å². The molecule has 6 nitrogen and oxygen atoms in total. The van der Waals surface area contributed by atoms with Gasteiger partial charge >= 0.3 is 14.9 Å². The Hall–Kier alpha value is -0.633. The van der Waals surface area contributed by atoms with E-state index in [0.717, 1.165) is 31.7 Å². The summed E-state index contributed by atoms with van der Waals surface area (Å²) >= 11 is 0. The normalized spacial score (nSPS) is 11.6. The standard InChI is InChI=1S/C12H27NO5Si/c1-5-13(12(14)15)10-8-6-7-9-11-19(16-2,17-3)18-4/h5-11H2,1-4H3,(H,14,15). The van der Waals surface area contributed by atoms with Crippen molar-refractivity contribution in [2.24, 2.45) is 0 Å². The number of unbranched alkanes of at least 4 members (excludes halogenated alkanes) is 3. The van der Waals surface area contributed by atoms with E-state index in [2.05, 4.69) is 0 Å². The first-order chi connectivity index (χ1) is 9.05. The summed E-state index contributed by atoms with van der Waals surface area (Å²) in [6.07, 6.45) is 3.06. The summed E-state index contributed by atoms with van der Waals surface area (Å²) in [6, 6.07) is 0.799. The molecule has 0 aliphatic carbocycles. The fraction of sp³-hybridized carbons (Fsp3) is 0.917. The van der Waals surface area contributed by atoms with Gasteiger partial charge in [0.2, 0.25) is 0 Å². The number of rotatable bonds is 11. The second-order valence-corrected chi connectivity index (χ2v) is 7.41. The van der Waals surface area contributed by atoms with Gasteiger partial charge in [0, 0.05) is 40.5 Å². The zero-order valence-electron chi connectivity index (χ0n) is 12.5. The molecule has 0 aromatic heterocycles. The van der Waals surface area contributed by atoms with Crippen LogP contribution >= 0.6 is 0 Å². The number of hydrogen-bond donors (Lipinski definition) is 1. The summed E-state index contributed by atoms with van der Waals surface area (Å²) in [7, 11) is 2.42. The van der Waals surface area contributed by atoms with Gasteiger partial charge in [-0.15, -0.1) is 0 Å². The van der Waals surface area contributed by atoms with Crippen molar-refractivity contribution in [3.05, 3.63) is 0 Å². The molecule has 19 heavy (non-hydrogen) atoms. The Morgan fingerprint density at radius 1 is 1.05 bits per heavy atom. The van der Waals surface area contributed by atoms with Crippen LogP contribution in [-0.2, 0) is 13.3 Å². The van der Waals surface area contributed by atoms with E-state index in [1.54, 1.807) is 21.3 Å². The van der Waals surface area contributed by atoms with Gasteiger partial charge in [0.1, 0.15) is 0 Å². The fourth-order valence-electron chi connectivity index (χ4n) is 1.94. The van der Waals surface area contributed by atoms with Crippen molar-refractivity contribution < 1.29 is 23.2 Å². The number of nitrogens with zero attached hydrogens (tertiary/aromatic N) is 1. The van der Waals surface area contributed by atoms with Gasteiger partial charge in [-0.25, -0.2) is 4.79 Å². The average molecular weight is 293 g/mol. The minimum atomic E-state index is -2.43. The number of hydrogen-bond acceptors (Lipinski definition) is 4. The molecule has 1 amide bonds. The molecule has 114 valence electrons. The van der Waals surface area contributed by atoms with Crippen LogP contribution < -0.4 is 0 Å². The van der Waals surface area contributed by atoms with Gasteiger partial charge in [0.15, 0.2) is 0 Å². The third-order valence-electron chi connectivity index (χ3n) is 3.25. The van der Waals surface area contributed by atoms with Crippen LogP contribution in [0.4, 0.5) is 4.79 Å². The second kappa shape index (κ2) is 10.2. The molecule has 7 heteroatoms. The highest BCUT2D eigenvalue weighted by Gasteiger charge is 2.36. The van der Waals surface area contributed by atoms with Crippen LogP contribution in [0.1, 0.15) is 32.6 Å². The molecule has 0 atom stereocenters.